The average Bonchev–Trinajstić information content (AvgIpc) is 2.45. The molecule has 1 rings (SSSR count). The zero-order valence-corrected chi connectivity index (χ0v) is 12.8. The van der Waals surface area contributed by atoms with Gasteiger partial charge in [-0.1, -0.05) is 13.3 Å². The molecule has 1 aromatic rings. The van der Waals surface area contributed by atoms with Crippen molar-refractivity contribution in [2.45, 2.75) is 32.9 Å². The van der Waals surface area contributed by atoms with Gasteiger partial charge in [0.05, 0.1) is 18.1 Å². The summed E-state index contributed by atoms with van der Waals surface area (Å²) in [5.74, 6) is -0.297. The van der Waals surface area contributed by atoms with Crippen molar-refractivity contribution in [1.29, 1.82) is 0 Å². The van der Waals surface area contributed by atoms with Crippen molar-refractivity contribution < 1.29 is 23.2 Å². The zero-order valence-electron chi connectivity index (χ0n) is 12.8. The van der Waals surface area contributed by atoms with E-state index < -0.39 is 11.5 Å². The van der Waals surface area contributed by atoms with E-state index in [4.69, 9.17) is 4.74 Å². The molecule has 6 nitrogen and oxygen atoms in total. The Morgan fingerprint density at radius 3 is 2.55 bits per heavy atom. The molecule has 124 valence electrons. The minimum atomic E-state index is -3.08. The van der Waals surface area contributed by atoms with Crippen LogP contribution in [0.15, 0.2) is 12.1 Å². The van der Waals surface area contributed by atoms with E-state index in [-0.39, 0.29) is 17.2 Å². The lowest BCUT2D eigenvalue weighted by Crippen LogP contribution is -2.19. The second kappa shape index (κ2) is 8.47. The first-order valence-corrected chi connectivity index (χ1v) is 6.87. The molecule has 8 heteroatoms. The number of ether oxygens (including phenoxy) is 2. The molecule has 0 aromatic heterocycles. The van der Waals surface area contributed by atoms with E-state index in [1.165, 1.54) is 13.2 Å². The number of nitrogens with zero attached hydrogens (tertiary/aromatic N) is 2. The molecule has 1 aromatic carbocycles. The molecule has 0 atom stereocenters. The number of hydrogen-bond acceptors (Lipinski definition) is 5. The number of nitro groups is 1. The van der Waals surface area contributed by atoms with Crippen LogP contribution < -0.4 is 9.47 Å². The molecule has 0 aliphatic carbocycles. The number of hydrogen-bond donors (Lipinski definition) is 0. The topological polar surface area (TPSA) is 64.8 Å². The third-order valence-corrected chi connectivity index (χ3v) is 3.11. The molecule has 0 amide bonds. The van der Waals surface area contributed by atoms with Gasteiger partial charge in [0.2, 0.25) is 0 Å². The third-order valence-electron chi connectivity index (χ3n) is 3.11. The van der Waals surface area contributed by atoms with Gasteiger partial charge in [0.25, 0.3) is 5.69 Å². The van der Waals surface area contributed by atoms with Gasteiger partial charge in [-0.3, -0.25) is 10.1 Å². The number of unbranched alkanes of at least 4 members (excludes halogenated alkanes) is 1. The van der Waals surface area contributed by atoms with Gasteiger partial charge in [-0.05, 0) is 26.1 Å². The second-order valence-corrected chi connectivity index (χ2v) is 4.86. The predicted octanol–water partition coefficient (Wildman–Crippen LogP) is 3.44. The second-order valence-electron chi connectivity index (χ2n) is 4.86. The van der Waals surface area contributed by atoms with Crippen molar-refractivity contribution in [2.75, 3.05) is 20.7 Å². The Balaban J connectivity index is 3.11. The van der Waals surface area contributed by atoms with Crippen molar-refractivity contribution in [3.63, 3.8) is 0 Å². The summed E-state index contributed by atoms with van der Waals surface area (Å²) in [6.07, 6.45) is 1.98. The van der Waals surface area contributed by atoms with Crippen molar-refractivity contribution in [3.8, 4) is 11.5 Å². The fourth-order valence-electron chi connectivity index (χ4n) is 2.03. The minimum absolute atomic E-state index is 0.0461. The summed E-state index contributed by atoms with van der Waals surface area (Å²) in [5, 5.41) is 11.2. The standard InChI is InChI=1S/C14H20F2N2O4/c1-4-5-6-17(2)9-10-7-12(21-3)13(22-14(15)16)8-11(10)18(19)20/h7-8,14H,4-6,9H2,1-3H3. The number of halogens is 2. The maximum Gasteiger partial charge on any atom is 0.387 e. The number of benzene rings is 1. The van der Waals surface area contributed by atoms with Crippen LogP contribution in [0, 0.1) is 10.1 Å². The normalized spacial score (nSPS) is 11.0. The highest BCUT2D eigenvalue weighted by Crippen LogP contribution is 2.36. The van der Waals surface area contributed by atoms with Crippen LogP contribution >= 0.6 is 0 Å². The molecule has 0 heterocycles. The van der Waals surface area contributed by atoms with E-state index in [0.717, 1.165) is 25.5 Å². The molecule has 0 bridgehead atoms. The summed E-state index contributed by atoms with van der Waals surface area (Å²) in [7, 11) is 3.14. The first kappa shape index (κ1) is 18.1. The molecular weight excluding hydrogens is 298 g/mol. The lowest BCUT2D eigenvalue weighted by molar-refractivity contribution is -0.385. The van der Waals surface area contributed by atoms with Crippen molar-refractivity contribution in [1.82, 2.24) is 4.90 Å². The molecule has 0 radical (unpaired) electrons. The summed E-state index contributed by atoms with van der Waals surface area (Å²) >= 11 is 0. The van der Waals surface area contributed by atoms with Crippen LogP contribution in [0.4, 0.5) is 14.5 Å². The SMILES string of the molecule is CCCCN(C)Cc1cc(OC)c(OC(F)F)cc1[N+](=O)[O-]. The Hall–Kier alpha value is -1.96. The van der Waals surface area contributed by atoms with Gasteiger partial charge < -0.3 is 14.4 Å². The third kappa shape index (κ3) is 5.10. The van der Waals surface area contributed by atoms with Crippen molar-refractivity contribution >= 4 is 5.69 Å². The summed E-state index contributed by atoms with van der Waals surface area (Å²) in [5.41, 5.74) is 0.127. The Kier molecular flexibility index (Phi) is 6.97. The van der Waals surface area contributed by atoms with Gasteiger partial charge in [0.1, 0.15) is 0 Å². The zero-order chi connectivity index (χ0) is 16.7. The average molecular weight is 318 g/mol. The summed E-state index contributed by atoms with van der Waals surface area (Å²) < 4.78 is 34.0. The highest BCUT2D eigenvalue weighted by atomic mass is 19.3. The van der Waals surface area contributed by atoms with Crippen LogP contribution in [0.1, 0.15) is 25.3 Å². The fourth-order valence-corrected chi connectivity index (χ4v) is 2.03. The maximum atomic E-state index is 12.4. The van der Waals surface area contributed by atoms with Crippen LogP contribution in [0.2, 0.25) is 0 Å². The largest absolute Gasteiger partial charge is 0.493 e. The van der Waals surface area contributed by atoms with Gasteiger partial charge in [-0.2, -0.15) is 8.78 Å². The molecule has 0 saturated heterocycles. The van der Waals surface area contributed by atoms with E-state index >= 15 is 0 Å². The summed E-state index contributed by atoms with van der Waals surface area (Å²) in [6, 6.07) is 2.35. The molecule has 0 N–H and O–H groups in total. The van der Waals surface area contributed by atoms with Gasteiger partial charge in [-0.15, -0.1) is 0 Å². The lowest BCUT2D eigenvalue weighted by atomic mass is 10.1. The predicted molar refractivity (Wildman–Crippen MR) is 77.5 cm³/mol. The smallest absolute Gasteiger partial charge is 0.387 e. The van der Waals surface area contributed by atoms with Crippen LogP contribution in [0.3, 0.4) is 0 Å². The highest BCUT2D eigenvalue weighted by Gasteiger charge is 2.22. The van der Waals surface area contributed by atoms with Crippen molar-refractivity contribution in [3.05, 3.63) is 27.8 Å². The molecular formula is C14H20F2N2O4. The highest BCUT2D eigenvalue weighted by molar-refractivity contribution is 5.54. The monoisotopic (exact) mass is 318 g/mol. The van der Waals surface area contributed by atoms with Crippen LogP contribution in [0.25, 0.3) is 0 Å². The molecule has 0 unspecified atom stereocenters. The van der Waals surface area contributed by atoms with E-state index in [1.54, 1.807) is 0 Å². The summed E-state index contributed by atoms with van der Waals surface area (Å²) in [6.45, 7) is 0.0782. The van der Waals surface area contributed by atoms with E-state index in [9.17, 15) is 18.9 Å². The van der Waals surface area contributed by atoms with Crippen LogP contribution in [-0.2, 0) is 6.54 Å². The van der Waals surface area contributed by atoms with E-state index in [0.29, 0.717) is 12.1 Å². The van der Waals surface area contributed by atoms with E-state index in [2.05, 4.69) is 11.7 Å². The van der Waals surface area contributed by atoms with Gasteiger partial charge in [-0.25, -0.2) is 0 Å². The maximum absolute atomic E-state index is 12.4. The minimum Gasteiger partial charge on any atom is -0.493 e. The Morgan fingerprint density at radius 2 is 2.05 bits per heavy atom. The molecule has 0 fully saturated rings. The molecule has 0 aliphatic rings. The molecule has 0 saturated carbocycles. The first-order valence-electron chi connectivity index (χ1n) is 6.87. The Bertz CT molecular complexity index is 512. The quantitative estimate of drug-likeness (QED) is 0.515. The van der Waals surface area contributed by atoms with Crippen molar-refractivity contribution in [2.24, 2.45) is 0 Å². The van der Waals surface area contributed by atoms with Gasteiger partial charge in [0.15, 0.2) is 11.5 Å². The lowest BCUT2D eigenvalue weighted by Gasteiger charge is -2.18. The van der Waals surface area contributed by atoms with Crippen LogP contribution in [0.5, 0.6) is 11.5 Å². The van der Waals surface area contributed by atoms with E-state index in [1.807, 2.05) is 11.9 Å². The Labute approximate surface area is 127 Å². The molecule has 0 aliphatic heterocycles. The molecule has 0 spiro atoms. The number of rotatable bonds is 9. The number of nitro benzene ring substituents is 1. The summed E-state index contributed by atoms with van der Waals surface area (Å²) in [4.78, 5) is 12.5. The first-order chi connectivity index (χ1) is 10.4. The number of alkyl halides is 2. The number of methoxy groups -OCH3 is 1. The van der Waals surface area contributed by atoms with Gasteiger partial charge >= 0.3 is 6.61 Å². The molecule has 22 heavy (non-hydrogen) atoms. The fraction of sp³-hybridized carbons (Fsp3) is 0.571. The van der Waals surface area contributed by atoms with Crippen LogP contribution in [-0.4, -0.2) is 37.1 Å². The Morgan fingerprint density at radius 1 is 1.36 bits per heavy atom. The van der Waals surface area contributed by atoms with Gasteiger partial charge in [0, 0.05) is 12.1 Å².